The number of hydrogen-bond donors (Lipinski definition) is 1. The van der Waals surface area contributed by atoms with Crippen LogP contribution in [0.15, 0.2) is 0 Å². The Morgan fingerprint density at radius 3 is 2.29 bits per heavy atom. The van der Waals surface area contributed by atoms with Crippen molar-refractivity contribution < 1.29 is 0 Å². The molecule has 1 heteroatoms. The fourth-order valence-electron chi connectivity index (χ4n) is 6.33. The Balaban J connectivity index is 1.85. The second-order valence-corrected chi connectivity index (χ2v) is 8.71. The van der Waals surface area contributed by atoms with E-state index in [0.29, 0.717) is 5.41 Å². The molecule has 1 saturated heterocycles. The molecular weight excluding hydrogens is 254 g/mol. The van der Waals surface area contributed by atoms with Gasteiger partial charge >= 0.3 is 0 Å². The van der Waals surface area contributed by atoms with E-state index in [0.717, 1.165) is 29.7 Å². The third-order valence-corrected chi connectivity index (χ3v) is 7.58. The summed E-state index contributed by atoms with van der Waals surface area (Å²) in [5.74, 6) is 3.79. The van der Waals surface area contributed by atoms with Gasteiger partial charge in [-0.3, -0.25) is 0 Å². The highest BCUT2D eigenvalue weighted by atomic mass is 15.0. The molecule has 122 valence electrons. The summed E-state index contributed by atoms with van der Waals surface area (Å²) in [6, 6.07) is 0.746. The van der Waals surface area contributed by atoms with Gasteiger partial charge in [0.2, 0.25) is 0 Å². The Kier molecular flexibility index (Phi) is 4.98. The molecule has 3 rings (SSSR count). The third-order valence-electron chi connectivity index (χ3n) is 7.58. The van der Waals surface area contributed by atoms with Crippen LogP contribution in [0, 0.1) is 29.1 Å². The molecule has 0 aromatic rings. The summed E-state index contributed by atoms with van der Waals surface area (Å²) in [5, 5.41) is 3.90. The Morgan fingerprint density at radius 1 is 0.857 bits per heavy atom. The van der Waals surface area contributed by atoms with Gasteiger partial charge in [0.05, 0.1) is 0 Å². The van der Waals surface area contributed by atoms with Crippen LogP contribution in [0.5, 0.6) is 0 Å². The van der Waals surface area contributed by atoms with Crippen LogP contribution < -0.4 is 5.32 Å². The zero-order valence-corrected chi connectivity index (χ0v) is 14.7. The maximum absolute atomic E-state index is 3.90. The summed E-state index contributed by atoms with van der Waals surface area (Å²) in [7, 11) is 0. The highest BCUT2D eigenvalue weighted by Crippen LogP contribution is 2.58. The zero-order chi connectivity index (χ0) is 14.9. The minimum Gasteiger partial charge on any atom is -0.313 e. The lowest BCUT2D eigenvalue weighted by Crippen LogP contribution is -2.48. The molecule has 1 nitrogen and oxygen atoms in total. The van der Waals surface area contributed by atoms with Crippen LogP contribution >= 0.6 is 0 Å². The van der Waals surface area contributed by atoms with Gasteiger partial charge in [-0.05, 0) is 55.3 Å². The Bertz CT molecular complexity index is 339. The fourth-order valence-corrected chi connectivity index (χ4v) is 6.33. The SMILES string of the molecule is CC1C[C@@H]2CCCCCCCCC[C@]23CN[C@@H](C)[C@@H]3C1C. The molecule has 0 aromatic carbocycles. The van der Waals surface area contributed by atoms with Crippen molar-refractivity contribution in [1.82, 2.24) is 5.32 Å². The van der Waals surface area contributed by atoms with E-state index in [-0.39, 0.29) is 0 Å². The first-order chi connectivity index (χ1) is 10.1. The minimum atomic E-state index is 0.648. The predicted molar refractivity (Wildman–Crippen MR) is 91.4 cm³/mol. The van der Waals surface area contributed by atoms with E-state index >= 15 is 0 Å². The molecular formula is C20H37N. The van der Waals surface area contributed by atoms with Gasteiger partial charge in [-0.2, -0.15) is 0 Å². The lowest BCUT2D eigenvalue weighted by Gasteiger charge is -2.52. The van der Waals surface area contributed by atoms with Crippen molar-refractivity contribution >= 4 is 0 Å². The second-order valence-electron chi connectivity index (χ2n) is 8.71. The molecule has 0 aromatic heterocycles. The van der Waals surface area contributed by atoms with Gasteiger partial charge in [-0.1, -0.05) is 58.8 Å². The van der Waals surface area contributed by atoms with Crippen LogP contribution in [0.25, 0.3) is 0 Å². The molecule has 0 bridgehead atoms. The van der Waals surface area contributed by atoms with Crippen LogP contribution in [0.2, 0.25) is 0 Å². The average molecular weight is 292 g/mol. The molecule has 1 spiro atoms. The highest BCUT2D eigenvalue weighted by molar-refractivity contribution is 5.08. The smallest absolute Gasteiger partial charge is 0.00757 e. The summed E-state index contributed by atoms with van der Waals surface area (Å²) in [5.41, 5.74) is 0.648. The van der Waals surface area contributed by atoms with E-state index in [1.807, 2.05) is 0 Å². The Hall–Kier alpha value is -0.0400. The van der Waals surface area contributed by atoms with Crippen molar-refractivity contribution in [3.63, 3.8) is 0 Å². The molecule has 0 radical (unpaired) electrons. The van der Waals surface area contributed by atoms with E-state index in [1.165, 1.54) is 70.8 Å². The summed E-state index contributed by atoms with van der Waals surface area (Å²) in [6.45, 7) is 8.88. The van der Waals surface area contributed by atoms with Gasteiger partial charge < -0.3 is 5.32 Å². The maximum atomic E-state index is 3.90. The van der Waals surface area contributed by atoms with Gasteiger partial charge in [0.1, 0.15) is 0 Å². The van der Waals surface area contributed by atoms with Gasteiger partial charge in [0, 0.05) is 12.6 Å². The van der Waals surface area contributed by atoms with Crippen LogP contribution in [0.1, 0.15) is 85.0 Å². The van der Waals surface area contributed by atoms with Crippen LogP contribution in [-0.4, -0.2) is 12.6 Å². The van der Waals surface area contributed by atoms with E-state index in [1.54, 1.807) is 0 Å². The van der Waals surface area contributed by atoms with Gasteiger partial charge in [0.15, 0.2) is 0 Å². The summed E-state index contributed by atoms with van der Waals surface area (Å²) in [6.07, 6.45) is 15.0. The molecule has 2 saturated carbocycles. The van der Waals surface area contributed by atoms with Crippen molar-refractivity contribution in [3.8, 4) is 0 Å². The lowest BCUT2D eigenvalue weighted by atomic mass is 9.52. The molecule has 3 aliphatic rings. The van der Waals surface area contributed by atoms with Crippen LogP contribution in [-0.2, 0) is 0 Å². The molecule has 2 aliphatic carbocycles. The van der Waals surface area contributed by atoms with Crippen LogP contribution in [0.4, 0.5) is 0 Å². The minimum absolute atomic E-state index is 0.648. The molecule has 0 amide bonds. The standard InChI is InChI=1S/C20H37N/c1-15-13-18-11-9-7-5-4-6-8-10-12-20(18)14-21-17(3)19(20)16(15)2/h15-19,21H,4-14H2,1-3H3/t15?,16?,17-,18-,19-,20-/m0/s1. The van der Waals surface area contributed by atoms with Gasteiger partial charge in [0.25, 0.3) is 0 Å². The quantitative estimate of drug-likeness (QED) is 0.630. The number of rotatable bonds is 0. The van der Waals surface area contributed by atoms with E-state index in [2.05, 4.69) is 26.1 Å². The summed E-state index contributed by atoms with van der Waals surface area (Å²) >= 11 is 0. The molecule has 1 N–H and O–H groups in total. The molecule has 1 aliphatic heterocycles. The topological polar surface area (TPSA) is 12.0 Å². The Morgan fingerprint density at radius 2 is 1.52 bits per heavy atom. The van der Waals surface area contributed by atoms with E-state index in [9.17, 15) is 0 Å². The summed E-state index contributed by atoms with van der Waals surface area (Å²) < 4.78 is 0. The van der Waals surface area contributed by atoms with Gasteiger partial charge in [-0.15, -0.1) is 0 Å². The number of nitrogens with one attached hydrogen (secondary N) is 1. The monoisotopic (exact) mass is 291 g/mol. The lowest BCUT2D eigenvalue weighted by molar-refractivity contribution is -0.0270. The third kappa shape index (κ3) is 2.92. The highest BCUT2D eigenvalue weighted by Gasteiger charge is 2.56. The molecule has 3 fully saturated rings. The normalized spacial score (nSPS) is 49.0. The van der Waals surface area contributed by atoms with E-state index in [4.69, 9.17) is 0 Å². The second kappa shape index (κ2) is 6.60. The first-order valence-electron chi connectivity index (χ1n) is 9.88. The van der Waals surface area contributed by atoms with Crippen molar-refractivity contribution in [1.29, 1.82) is 0 Å². The number of hydrogen-bond acceptors (Lipinski definition) is 1. The van der Waals surface area contributed by atoms with Crippen molar-refractivity contribution in [2.24, 2.45) is 29.1 Å². The molecule has 21 heavy (non-hydrogen) atoms. The largest absolute Gasteiger partial charge is 0.313 e. The van der Waals surface area contributed by atoms with Crippen LogP contribution in [0.3, 0.4) is 0 Å². The van der Waals surface area contributed by atoms with Crippen molar-refractivity contribution in [2.75, 3.05) is 6.54 Å². The molecule has 6 atom stereocenters. The first kappa shape index (κ1) is 15.8. The molecule has 2 unspecified atom stereocenters. The summed E-state index contributed by atoms with van der Waals surface area (Å²) in [4.78, 5) is 0. The van der Waals surface area contributed by atoms with E-state index < -0.39 is 0 Å². The average Bonchev–Trinajstić information content (AvgIpc) is 2.78. The van der Waals surface area contributed by atoms with Crippen molar-refractivity contribution in [3.05, 3.63) is 0 Å². The molecule has 1 heterocycles. The van der Waals surface area contributed by atoms with Crippen molar-refractivity contribution in [2.45, 2.75) is 91.0 Å². The first-order valence-corrected chi connectivity index (χ1v) is 9.88. The zero-order valence-electron chi connectivity index (χ0n) is 14.7. The Labute approximate surface area is 132 Å². The fraction of sp³-hybridized carbons (Fsp3) is 1.00. The van der Waals surface area contributed by atoms with Gasteiger partial charge in [-0.25, -0.2) is 0 Å². The predicted octanol–water partition coefficient (Wildman–Crippen LogP) is 5.40. The maximum Gasteiger partial charge on any atom is 0.00757 e.